The third-order valence-corrected chi connectivity index (χ3v) is 4.50. The molecule has 0 amide bonds. The van der Waals surface area contributed by atoms with Gasteiger partial charge in [-0.1, -0.05) is 50.6 Å². The van der Waals surface area contributed by atoms with Gasteiger partial charge in [0.05, 0.1) is 0 Å². The van der Waals surface area contributed by atoms with E-state index < -0.39 is 10.8 Å². The first kappa shape index (κ1) is 14.4. The summed E-state index contributed by atoms with van der Waals surface area (Å²) in [6, 6.07) is 8.67. The lowest BCUT2D eigenvalue weighted by Crippen LogP contribution is -2.28. The molecule has 0 aliphatic carbocycles. The Balaban J connectivity index is 2.78. The molecular formula is C14H23NOS. The van der Waals surface area contributed by atoms with Crippen LogP contribution in [0.1, 0.15) is 37.9 Å². The number of hydrogen-bond donors (Lipinski definition) is 1. The average Bonchev–Trinajstić information content (AvgIpc) is 2.29. The van der Waals surface area contributed by atoms with Crippen molar-refractivity contribution in [3.63, 3.8) is 0 Å². The van der Waals surface area contributed by atoms with Crippen LogP contribution < -0.4 is 5.32 Å². The van der Waals surface area contributed by atoms with Crippen molar-refractivity contribution in [3.8, 4) is 0 Å². The zero-order valence-corrected chi connectivity index (χ0v) is 12.0. The molecule has 0 saturated carbocycles. The fourth-order valence-electron chi connectivity index (χ4n) is 1.67. The highest BCUT2D eigenvalue weighted by Gasteiger charge is 2.15. The SMILES string of the molecule is CCNC(CS(=O)C(C)C)c1ccc(C)cc1. The molecule has 0 heterocycles. The smallest absolute Gasteiger partial charge is 0.0436 e. The lowest BCUT2D eigenvalue weighted by atomic mass is 10.1. The monoisotopic (exact) mass is 253 g/mol. The molecule has 2 unspecified atom stereocenters. The molecular weight excluding hydrogens is 230 g/mol. The van der Waals surface area contributed by atoms with Crippen LogP contribution >= 0.6 is 0 Å². The summed E-state index contributed by atoms with van der Waals surface area (Å²) in [5, 5.41) is 3.63. The predicted molar refractivity (Wildman–Crippen MR) is 75.7 cm³/mol. The minimum absolute atomic E-state index is 0.198. The first-order chi connectivity index (χ1) is 8.04. The quantitative estimate of drug-likeness (QED) is 0.844. The largest absolute Gasteiger partial charge is 0.309 e. The Morgan fingerprint density at radius 1 is 1.24 bits per heavy atom. The van der Waals surface area contributed by atoms with Crippen LogP contribution in [0.25, 0.3) is 0 Å². The van der Waals surface area contributed by atoms with Gasteiger partial charge in [-0.15, -0.1) is 0 Å². The minimum Gasteiger partial charge on any atom is -0.309 e. The van der Waals surface area contributed by atoms with Crippen molar-refractivity contribution in [3.05, 3.63) is 35.4 Å². The van der Waals surface area contributed by atoms with Gasteiger partial charge in [0.1, 0.15) is 0 Å². The highest BCUT2D eigenvalue weighted by Crippen LogP contribution is 2.16. The molecule has 2 nitrogen and oxygen atoms in total. The molecule has 0 radical (unpaired) electrons. The summed E-state index contributed by atoms with van der Waals surface area (Å²) in [6.45, 7) is 9.08. The second kappa shape index (κ2) is 6.92. The molecule has 0 bridgehead atoms. The van der Waals surface area contributed by atoms with E-state index in [4.69, 9.17) is 0 Å². The molecule has 1 rings (SSSR count). The number of hydrogen-bond acceptors (Lipinski definition) is 2. The molecule has 0 fully saturated rings. The molecule has 1 aromatic carbocycles. The van der Waals surface area contributed by atoms with Gasteiger partial charge in [-0.05, 0) is 19.0 Å². The molecule has 3 heteroatoms. The molecule has 1 N–H and O–H groups in total. The molecule has 0 saturated heterocycles. The number of benzene rings is 1. The minimum atomic E-state index is -0.772. The van der Waals surface area contributed by atoms with Crippen molar-refractivity contribution in [2.45, 2.75) is 39.0 Å². The van der Waals surface area contributed by atoms with Gasteiger partial charge in [-0.3, -0.25) is 4.21 Å². The average molecular weight is 253 g/mol. The molecule has 2 atom stereocenters. The Morgan fingerprint density at radius 3 is 2.29 bits per heavy atom. The Kier molecular flexibility index (Phi) is 5.86. The van der Waals surface area contributed by atoms with Crippen molar-refractivity contribution in [1.82, 2.24) is 5.32 Å². The van der Waals surface area contributed by atoms with Crippen molar-refractivity contribution >= 4 is 10.8 Å². The van der Waals surface area contributed by atoms with Crippen molar-refractivity contribution in [1.29, 1.82) is 0 Å². The fourth-order valence-corrected chi connectivity index (χ4v) is 2.70. The van der Waals surface area contributed by atoms with Crippen LogP contribution in [0.5, 0.6) is 0 Å². The fraction of sp³-hybridized carbons (Fsp3) is 0.571. The number of aryl methyl sites for hydroxylation is 1. The van der Waals surface area contributed by atoms with Gasteiger partial charge in [-0.2, -0.15) is 0 Å². The maximum atomic E-state index is 11.9. The van der Waals surface area contributed by atoms with Gasteiger partial charge in [0.25, 0.3) is 0 Å². The van der Waals surface area contributed by atoms with Crippen LogP contribution in [-0.2, 0) is 10.8 Å². The Labute approximate surface area is 107 Å². The molecule has 0 aliphatic rings. The van der Waals surface area contributed by atoms with Crippen LogP contribution in [0.2, 0.25) is 0 Å². The van der Waals surface area contributed by atoms with Crippen molar-refractivity contribution < 1.29 is 4.21 Å². The molecule has 96 valence electrons. The molecule has 0 aliphatic heterocycles. The molecule has 0 spiro atoms. The summed E-state index contributed by atoms with van der Waals surface area (Å²) in [7, 11) is -0.772. The lowest BCUT2D eigenvalue weighted by Gasteiger charge is -2.19. The van der Waals surface area contributed by atoms with E-state index in [0.717, 1.165) is 6.54 Å². The van der Waals surface area contributed by atoms with Crippen LogP contribution in [0.3, 0.4) is 0 Å². The maximum absolute atomic E-state index is 11.9. The topological polar surface area (TPSA) is 29.1 Å². The summed E-state index contributed by atoms with van der Waals surface area (Å²) in [5.41, 5.74) is 2.49. The van der Waals surface area contributed by atoms with Gasteiger partial charge in [0.2, 0.25) is 0 Å². The zero-order chi connectivity index (χ0) is 12.8. The van der Waals surface area contributed by atoms with Gasteiger partial charge in [-0.25, -0.2) is 0 Å². The molecule has 17 heavy (non-hydrogen) atoms. The standard InChI is InChI=1S/C14H23NOS/c1-5-15-14(10-17(16)11(2)3)13-8-6-12(4)7-9-13/h6-9,11,14-15H,5,10H2,1-4H3. The van der Waals surface area contributed by atoms with Crippen LogP contribution in [-0.4, -0.2) is 21.8 Å². The second-order valence-electron chi connectivity index (χ2n) is 4.62. The van der Waals surface area contributed by atoms with E-state index in [0.29, 0.717) is 5.75 Å². The number of rotatable bonds is 6. The van der Waals surface area contributed by atoms with Gasteiger partial charge in [0.15, 0.2) is 0 Å². The maximum Gasteiger partial charge on any atom is 0.0436 e. The first-order valence-corrected chi connectivity index (χ1v) is 7.60. The second-order valence-corrected chi connectivity index (χ2v) is 6.65. The highest BCUT2D eigenvalue weighted by atomic mass is 32.2. The lowest BCUT2D eigenvalue weighted by molar-refractivity contribution is 0.592. The Bertz CT molecular complexity index is 359. The zero-order valence-electron chi connectivity index (χ0n) is 11.2. The predicted octanol–water partition coefficient (Wildman–Crippen LogP) is 2.80. The van der Waals surface area contributed by atoms with E-state index in [2.05, 4.69) is 43.4 Å². The van der Waals surface area contributed by atoms with Gasteiger partial charge >= 0.3 is 0 Å². The summed E-state index contributed by atoms with van der Waals surface area (Å²) in [4.78, 5) is 0. The van der Waals surface area contributed by atoms with Gasteiger partial charge < -0.3 is 5.32 Å². The third kappa shape index (κ3) is 4.60. The van der Waals surface area contributed by atoms with E-state index in [-0.39, 0.29) is 11.3 Å². The Hall–Kier alpha value is -0.670. The van der Waals surface area contributed by atoms with E-state index >= 15 is 0 Å². The number of nitrogens with one attached hydrogen (secondary N) is 1. The van der Waals surface area contributed by atoms with Crippen LogP contribution in [0.15, 0.2) is 24.3 Å². The molecule has 0 aromatic heterocycles. The van der Waals surface area contributed by atoms with E-state index in [9.17, 15) is 4.21 Å². The molecule has 1 aromatic rings. The summed E-state index contributed by atoms with van der Waals surface area (Å²) in [6.07, 6.45) is 0. The third-order valence-electron chi connectivity index (χ3n) is 2.79. The van der Waals surface area contributed by atoms with E-state index in [1.165, 1.54) is 11.1 Å². The van der Waals surface area contributed by atoms with Gasteiger partial charge in [0, 0.05) is 27.8 Å². The Morgan fingerprint density at radius 2 is 1.82 bits per heavy atom. The van der Waals surface area contributed by atoms with Crippen molar-refractivity contribution in [2.24, 2.45) is 0 Å². The van der Waals surface area contributed by atoms with E-state index in [1.807, 2.05) is 13.8 Å². The summed E-state index contributed by atoms with van der Waals surface area (Å²) >= 11 is 0. The normalized spacial score (nSPS) is 14.9. The first-order valence-electron chi connectivity index (χ1n) is 6.21. The summed E-state index contributed by atoms with van der Waals surface area (Å²) < 4.78 is 11.9. The van der Waals surface area contributed by atoms with Crippen molar-refractivity contribution in [2.75, 3.05) is 12.3 Å². The highest BCUT2D eigenvalue weighted by molar-refractivity contribution is 7.85. The summed E-state index contributed by atoms with van der Waals surface area (Å²) in [5.74, 6) is 0.689. The van der Waals surface area contributed by atoms with E-state index in [1.54, 1.807) is 0 Å². The van der Waals surface area contributed by atoms with Crippen LogP contribution in [0.4, 0.5) is 0 Å². The van der Waals surface area contributed by atoms with Crippen LogP contribution in [0, 0.1) is 6.92 Å².